The number of anilines is 2. The van der Waals surface area contributed by atoms with E-state index in [1.807, 2.05) is 6.92 Å². The molecule has 1 heterocycles. The van der Waals surface area contributed by atoms with Crippen LogP contribution in [0.25, 0.3) is 0 Å². The maximum absolute atomic E-state index is 8.66. The van der Waals surface area contributed by atoms with Crippen LogP contribution in [0.1, 0.15) is 32.6 Å². The van der Waals surface area contributed by atoms with E-state index in [1.54, 1.807) is 0 Å². The number of nitrogens with one attached hydrogen (secondary N) is 2. The first-order valence-electron chi connectivity index (χ1n) is 6.50. The molecule has 1 aromatic heterocycles. The number of aliphatic hydroxyl groups excluding tert-OH is 1. The molecule has 0 aliphatic heterocycles. The Hall–Kier alpha value is -1.67. The summed E-state index contributed by atoms with van der Waals surface area (Å²) in [6.07, 6.45) is 3.91. The van der Waals surface area contributed by atoms with E-state index in [1.165, 1.54) is 0 Å². The molecule has 19 heavy (non-hydrogen) atoms. The standard InChI is InChI=1S/C11H22N6O2/c1-2-19-11-15-9(14-10(16-11)17-12)13-7-5-3-4-6-8-18/h18H,2-8,12H2,1H3,(H2,13,14,15,16,17). The molecule has 8 nitrogen and oxygen atoms in total. The van der Waals surface area contributed by atoms with Crippen molar-refractivity contribution in [3.8, 4) is 6.01 Å². The highest BCUT2D eigenvalue weighted by Crippen LogP contribution is 2.10. The van der Waals surface area contributed by atoms with E-state index in [-0.39, 0.29) is 18.6 Å². The molecule has 0 fully saturated rings. The fourth-order valence-electron chi connectivity index (χ4n) is 1.48. The zero-order chi connectivity index (χ0) is 13.9. The van der Waals surface area contributed by atoms with Crippen LogP contribution in [-0.2, 0) is 0 Å². The number of unbranched alkanes of at least 4 members (excludes halogenated alkanes) is 3. The summed E-state index contributed by atoms with van der Waals surface area (Å²) in [6, 6.07) is 0.244. The van der Waals surface area contributed by atoms with Gasteiger partial charge in [-0.1, -0.05) is 12.8 Å². The third kappa shape index (κ3) is 6.16. The summed E-state index contributed by atoms with van der Waals surface area (Å²) in [5, 5.41) is 11.8. The van der Waals surface area contributed by atoms with E-state index in [9.17, 15) is 0 Å². The van der Waals surface area contributed by atoms with Crippen molar-refractivity contribution in [2.75, 3.05) is 30.5 Å². The maximum atomic E-state index is 8.66. The van der Waals surface area contributed by atoms with Crippen LogP contribution in [0.5, 0.6) is 6.01 Å². The lowest BCUT2D eigenvalue weighted by Gasteiger charge is -2.08. The van der Waals surface area contributed by atoms with Crippen LogP contribution in [-0.4, -0.2) is 39.8 Å². The molecular formula is C11H22N6O2. The van der Waals surface area contributed by atoms with E-state index in [4.69, 9.17) is 15.7 Å². The van der Waals surface area contributed by atoms with E-state index in [2.05, 4.69) is 25.7 Å². The number of nitrogen functional groups attached to an aromatic ring is 1. The van der Waals surface area contributed by atoms with Crippen molar-refractivity contribution in [1.29, 1.82) is 0 Å². The molecule has 0 aromatic carbocycles. The Morgan fingerprint density at radius 2 is 1.84 bits per heavy atom. The van der Waals surface area contributed by atoms with Gasteiger partial charge in [-0.05, 0) is 19.8 Å². The Bertz CT molecular complexity index is 363. The van der Waals surface area contributed by atoms with Gasteiger partial charge in [-0.2, -0.15) is 15.0 Å². The van der Waals surface area contributed by atoms with Crippen LogP contribution in [0, 0.1) is 0 Å². The molecule has 108 valence electrons. The quantitative estimate of drug-likeness (QED) is 0.276. The lowest BCUT2D eigenvalue weighted by atomic mass is 10.2. The number of hydrogen-bond acceptors (Lipinski definition) is 8. The summed E-state index contributed by atoms with van der Waals surface area (Å²) >= 11 is 0. The van der Waals surface area contributed by atoms with Crippen molar-refractivity contribution in [3.63, 3.8) is 0 Å². The van der Waals surface area contributed by atoms with Crippen molar-refractivity contribution < 1.29 is 9.84 Å². The Morgan fingerprint density at radius 3 is 2.53 bits per heavy atom. The average molecular weight is 270 g/mol. The topological polar surface area (TPSA) is 118 Å². The minimum atomic E-state index is 0.244. The zero-order valence-corrected chi connectivity index (χ0v) is 11.2. The number of aromatic nitrogens is 3. The fourth-order valence-corrected chi connectivity index (χ4v) is 1.48. The largest absolute Gasteiger partial charge is 0.464 e. The van der Waals surface area contributed by atoms with Crippen molar-refractivity contribution in [2.24, 2.45) is 5.84 Å². The maximum Gasteiger partial charge on any atom is 0.323 e. The van der Waals surface area contributed by atoms with Gasteiger partial charge in [-0.25, -0.2) is 5.84 Å². The first-order valence-corrected chi connectivity index (χ1v) is 6.50. The third-order valence-corrected chi connectivity index (χ3v) is 2.39. The Balaban J connectivity index is 2.41. The smallest absolute Gasteiger partial charge is 0.323 e. The summed E-state index contributed by atoms with van der Waals surface area (Å²) in [4.78, 5) is 12.2. The average Bonchev–Trinajstić information content (AvgIpc) is 2.43. The normalized spacial score (nSPS) is 10.3. The van der Waals surface area contributed by atoms with Gasteiger partial charge in [-0.3, -0.25) is 5.43 Å². The molecular weight excluding hydrogens is 248 g/mol. The Morgan fingerprint density at radius 1 is 1.11 bits per heavy atom. The highest BCUT2D eigenvalue weighted by Gasteiger charge is 2.05. The first kappa shape index (κ1) is 15.4. The monoisotopic (exact) mass is 270 g/mol. The van der Waals surface area contributed by atoms with Crippen molar-refractivity contribution in [1.82, 2.24) is 15.0 Å². The van der Waals surface area contributed by atoms with Crippen LogP contribution in [0.2, 0.25) is 0 Å². The number of ether oxygens (including phenoxy) is 1. The predicted octanol–water partition coefficient (Wildman–Crippen LogP) is 0.520. The van der Waals surface area contributed by atoms with Crippen molar-refractivity contribution in [2.45, 2.75) is 32.6 Å². The van der Waals surface area contributed by atoms with Gasteiger partial charge in [0.2, 0.25) is 11.9 Å². The van der Waals surface area contributed by atoms with Crippen LogP contribution in [0.3, 0.4) is 0 Å². The molecule has 1 aromatic rings. The summed E-state index contributed by atoms with van der Waals surface area (Å²) < 4.78 is 5.22. The molecule has 0 saturated heterocycles. The van der Waals surface area contributed by atoms with Gasteiger partial charge in [0.25, 0.3) is 0 Å². The van der Waals surface area contributed by atoms with Gasteiger partial charge in [0.05, 0.1) is 6.61 Å². The molecule has 0 aliphatic carbocycles. The SMILES string of the molecule is CCOc1nc(NN)nc(NCCCCCCO)n1. The first-order chi connectivity index (χ1) is 9.30. The second kappa shape index (κ2) is 9.29. The van der Waals surface area contributed by atoms with Gasteiger partial charge in [0, 0.05) is 13.2 Å². The van der Waals surface area contributed by atoms with E-state index in [0.717, 1.165) is 32.2 Å². The summed E-state index contributed by atoms with van der Waals surface area (Å²) in [5.41, 5.74) is 2.37. The molecule has 0 amide bonds. The molecule has 0 bridgehead atoms. The van der Waals surface area contributed by atoms with E-state index >= 15 is 0 Å². The molecule has 0 unspecified atom stereocenters. The molecule has 0 radical (unpaired) electrons. The molecule has 0 atom stereocenters. The molecule has 0 saturated carbocycles. The third-order valence-electron chi connectivity index (χ3n) is 2.39. The summed E-state index contributed by atoms with van der Waals surface area (Å²) in [5.74, 6) is 5.99. The van der Waals surface area contributed by atoms with Gasteiger partial charge in [0.1, 0.15) is 0 Å². The van der Waals surface area contributed by atoms with E-state index in [0.29, 0.717) is 12.6 Å². The molecule has 8 heteroatoms. The van der Waals surface area contributed by atoms with E-state index < -0.39 is 0 Å². The second-order valence-electron chi connectivity index (χ2n) is 3.91. The van der Waals surface area contributed by atoms with Crippen LogP contribution in [0.15, 0.2) is 0 Å². The van der Waals surface area contributed by atoms with Crippen LogP contribution < -0.4 is 21.3 Å². The summed E-state index contributed by atoms with van der Waals surface area (Å²) in [6.45, 7) is 3.34. The number of hydrogen-bond donors (Lipinski definition) is 4. The van der Waals surface area contributed by atoms with Gasteiger partial charge < -0.3 is 15.2 Å². The highest BCUT2D eigenvalue weighted by atomic mass is 16.5. The Kier molecular flexibility index (Phi) is 7.52. The fraction of sp³-hybridized carbons (Fsp3) is 0.727. The zero-order valence-electron chi connectivity index (χ0n) is 11.2. The molecule has 0 aliphatic rings. The van der Waals surface area contributed by atoms with Crippen molar-refractivity contribution >= 4 is 11.9 Å². The highest BCUT2D eigenvalue weighted by molar-refractivity contribution is 5.34. The molecule has 1 rings (SSSR count). The number of hydrazine groups is 1. The number of nitrogens with zero attached hydrogens (tertiary/aromatic N) is 3. The van der Waals surface area contributed by atoms with Crippen LogP contribution in [0.4, 0.5) is 11.9 Å². The summed E-state index contributed by atoms with van der Waals surface area (Å²) in [7, 11) is 0. The van der Waals surface area contributed by atoms with Gasteiger partial charge in [0.15, 0.2) is 0 Å². The number of rotatable bonds is 10. The minimum absolute atomic E-state index is 0.244. The van der Waals surface area contributed by atoms with Crippen molar-refractivity contribution in [3.05, 3.63) is 0 Å². The van der Waals surface area contributed by atoms with Gasteiger partial charge >= 0.3 is 6.01 Å². The van der Waals surface area contributed by atoms with Gasteiger partial charge in [-0.15, -0.1) is 0 Å². The number of aliphatic hydroxyl groups is 1. The minimum Gasteiger partial charge on any atom is -0.464 e. The Labute approximate surface area is 112 Å². The molecule has 5 N–H and O–H groups in total. The van der Waals surface area contributed by atoms with Crippen LogP contribution >= 0.6 is 0 Å². The predicted molar refractivity (Wildman–Crippen MR) is 72.8 cm³/mol. The second-order valence-corrected chi connectivity index (χ2v) is 3.91. The lowest BCUT2D eigenvalue weighted by molar-refractivity contribution is 0.283. The number of nitrogens with two attached hydrogens (primary N) is 1. The molecule has 0 spiro atoms. The lowest BCUT2D eigenvalue weighted by Crippen LogP contribution is -2.15.